The number of carbonyl (C=O) groups is 2. The average molecular weight is 384 g/mol. The van der Waals surface area contributed by atoms with Crippen molar-refractivity contribution >= 4 is 29.2 Å². The number of halogens is 1. The second-order valence-electron chi connectivity index (χ2n) is 7.49. The van der Waals surface area contributed by atoms with Crippen molar-refractivity contribution in [1.29, 1.82) is 0 Å². The molecule has 3 aliphatic rings. The zero-order valence-corrected chi connectivity index (χ0v) is 15.2. The molecule has 5 rings (SSSR count). The minimum absolute atomic E-state index is 0.0425. The second kappa shape index (κ2) is 6.27. The molecule has 5 atom stereocenters. The van der Waals surface area contributed by atoms with Crippen molar-refractivity contribution in [2.75, 3.05) is 5.32 Å². The van der Waals surface area contributed by atoms with Crippen LogP contribution in [0.2, 0.25) is 5.02 Å². The highest BCUT2D eigenvalue weighted by molar-refractivity contribution is 6.30. The molecule has 2 saturated carbocycles. The standard InChI is InChI=1S/C21H18ClNO4/c22-12-1-5-14(6-2-12)26-15-7-3-13(4-8-15)23-20(24)18-11-9-16-17(10-11)27-21(25)19(16)18/h1-8,11,16-19H,9-10H2,(H,23,24)/t11-,16-,17-,18-,19+/m1/s1. The van der Waals surface area contributed by atoms with Crippen LogP contribution in [0.4, 0.5) is 5.69 Å². The Morgan fingerprint density at radius 1 is 1.04 bits per heavy atom. The minimum Gasteiger partial charge on any atom is -0.462 e. The number of fused-ring (bicyclic) bond motifs is 1. The van der Waals surface area contributed by atoms with E-state index in [-0.39, 0.29) is 41.7 Å². The van der Waals surface area contributed by atoms with Crippen LogP contribution in [0.3, 0.4) is 0 Å². The zero-order valence-electron chi connectivity index (χ0n) is 14.4. The Hall–Kier alpha value is -2.53. The van der Waals surface area contributed by atoms with Crippen molar-refractivity contribution in [3.63, 3.8) is 0 Å². The van der Waals surface area contributed by atoms with E-state index < -0.39 is 0 Å². The first kappa shape index (κ1) is 16.6. The third-order valence-electron chi connectivity index (χ3n) is 5.96. The Balaban J connectivity index is 1.25. The second-order valence-corrected chi connectivity index (χ2v) is 7.93. The SMILES string of the molecule is O=C(Nc1ccc(Oc2ccc(Cl)cc2)cc1)[C@@H]1[C@@H]2C[C@H]3[C@@H]1C(=O)O[C@@H]3C2. The van der Waals surface area contributed by atoms with Gasteiger partial charge in [0.25, 0.3) is 0 Å². The lowest BCUT2D eigenvalue weighted by Crippen LogP contribution is -2.35. The van der Waals surface area contributed by atoms with Gasteiger partial charge in [0, 0.05) is 16.6 Å². The fourth-order valence-corrected chi connectivity index (χ4v) is 4.96. The normalized spacial score (nSPS) is 30.3. The molecular weight excluding hydrogens is 366 g/mol. The molecule has 2 aromatic carbocycles. The number of nitrogens with one attached hydrogen (secondary N) is 1. The number of hydrogen-bond acceptors (Lipinski definition) is 4. The fraction of sp³-hybridized carbons (Fsp3) is 0.333. The third kappa shape index (κ3) is 2.86. The van der Waals surface area contributed by atoms with Crippen LogP contribution < -0.4 is 10.1 Å². The quantitative estimate of drug-likeness (QED) is 0.801. The molecule has 0 radical (unpaired) electrons. The van der Waals surface area contributed by atoms with Crippen molar-refractivity contribution in [1.82, 2.24) is 0 Å². The van der Waals surface area contributed by atoms with E-state index in [1.165, 1.54) is 0 Å². The molecule has 138 valence electrons. The van der Waals surface area contributed by atoms with Crippen molar-refractivity contribution in [2.45, 2.75) is 18.9 Å². The van der Waals surface area contributed by atoms with Gasteiger partial charge in [-0.15, -0.1) is 0 Å². The fourth-order valence-electron chi connectivity index (χ4n) is 4.83. The summed E-state index contributed by atoms with van der Waals surface area (Å²) in [6.45, 7) is 0. The molecule has 5 nitrogen and oxygen atoms in total. The largest absolute Gasteiger partial charge is 0.462 e. The van der Waals surface area contributed by atoms with Crippen LogP contribution in [0.25, 0.3) is 0 Å². The van der Waals surface area contributed by atoms with E-state index in [9.17, 15) is 9.59 Å². The predicted octanol–water partition coefficient (Wildman–Crippen LogP) is 4.27. The molecule has 2 bridgehead atoms. The summed E-state index contributed by atoms with van der Waals surface area (Å²) in [5, 5.41) is 3.60. The summed E-state index contributed by atoms with van der Waals surface area (Å²) in [4.78, 5) is 24.9. The first-order valence-electron chi connectivity index (χ1n) is 9.13. The van der Waals surface area contributed by atoms with Crippen LogP contribution in [0.15, 0.2) is 48.5 Å². The van der Waals surface area contributed by atoms with Crippen LogP contribution in [-0.2, 0) is 14.3 Å². The van der Waals surface area contributed by atoms with Crippen molar-refractivity contribution < 1.29 is 19.1 Å². The van der Waals surface area contributed by atoms with E-state index in [1.54, 1.807) is 48.5 Å². The predicted molar refractivity (Wildman–Crippen MR) is 99.7 cm³/mol. The molecule has 27 heavy (non-hydrogen) atoms. The van der Waals surface area contributed by atoms with Crippen LogP contribution in [-0.4, -0.2) is 18.0 Å². The van der Waals surface area contributed by atoms with Gasteiger partial charge in [-0.05, 0) is 67.3 Å². The zero-order chi connectivity index (χ0) is 18.5. The molecule has 6 heteroatoms. The smallest absolute Gasteiger partial charge is 0.310 e. The number of ether oxygens (including phenoxy) is 2. The van der Waals surface area contributed by atoms with E-state index in [2.05, 4.69) is 5.32 Å². The van der Waals surface area contributed by atoms with E-state index in [1.807, 2.05) is 0 Å². The maximum absolute atomic E-state index is 12.8. The molecule has 1 heterocycles. The minimum atomic E-state index is -0.272. The third-order valence-corrected chi connectivity index (χ3v) is 6.21. The summed E-state index contributed by atoms with van der Waals surface area (Å²) < 4.78 is 11.2. The van der Waals surface area contributed by atoms with Gasteiger partial charge in [0.05, 0.1) is 11.8 Å². The highest BCUT2D eigenvalue weighted by atomic mass is 35.5. The van der Waals surface area contributed by atoms with Gasteiger partial charge in [0.1, 0.15) is 17.6 Å². The highest BCUT2D eigenvalue weighted by Gasteiger charge is 2.63. The Morgan fingerprint density at radius 2 is 1.70 bits per heavy atom. The van der Waals surface area contributed by atoms with Crippen LogP contribution in [0.5, 0.6) is 11.5 Å². The van der Waals surface area contributed by atoms with Gasteiger partial charge in [-0.25, -0.2) is 0 Å². The maximum atomic E-state index is 12.8. The summed E-state index contributed by atoms with van der Waals surface area (Å²) in [5.41, 5.74) is 0.689. The number of rotatable bonds is 4. The van der Waals surface area contributed by atoms with Gasteiger partial charge < -0.3 is 14.8 Å². The lowest BCUT2D eigenvalue weighted by molar-refractivity contribution is -0.145. The number of benzene rings is 2. The molecule has 2 aliphatic carbocycles. The van der Waals surface area contributed by atoms with E-state index in [0.717, 1.165) is 12.8 Å². The molecular formula is C21H18ClNO4. The number of esters is 1. The number of hydrogen-bond donors (Lipinski definition) is 1. The molecule has 1 aliphatic heterocycles. The highest BCUT2D eigenvalue weighted by Crippen LogP contribution is 2.57. The van der Waals surface area contributed by atoms with E-state index in [4.69, 9.17) is 21.1 Å². The summed E-state index contributed by atoms with van der Waals surface area (Å²) in [7, 11) is 0. The summed E-state index contributed by atoms with van der Waals surface area (Å²) in [6.07, 6.45) is 1.78. The average Bonchev–Trinajstić information content (AvgIpc) is 3.27. The first-order chi connectivity index (χ1) is 13.1. The van der Waals surface area contributed by atoms with Crippen molar-refractivity contribution in [3.05, 3.63) is 53.6 Å². The molecule has 1 saturated heterocycles. The Morgan fingerprint density at radius 3 is 2.41 bits per heavy atom. The number of amides is 1. The van der Waals surface area contributed by atoms with Crippen LogP contribution >= 0.6 is 11.6 Å². The van der Waals surface area contributed by atoms with Gasteiger partial charge in [-0.3, -0.25) is 9.59 Å². The van der Waals surface area contributed by atoms with Crippen LogP contribution in [0.1, 0.15) is 12.8 Å². The summed E-state index contributed by atoms with van der Waals surface area (Å²) in [6, 6.07) is 14.3. The Labute approximate surface area is 161 Å². The van der Waals surface area contributed by atoms with Crippen molar-refractivity contribution in [3.8, 4) is 11.5 Å². The lowest BCUT2D eigenvalue weighted by Gasteiger charge is -2.23. The lowest BCUT2D eigenvalue weighted by atomic mass is 9.79. The van der Waals surface area contributed by atoms with Crippen molar-refractivity contribution in [2.24, 2.45) is 23.7 Å². The molecule has 1 N–H and O–H groups in total. The number of anilines is 1. The molecule has 1 amide bonds. The van der Waals surface area contributed by atoms with Crippen LogP contribution in [0, 0.1) is 23.7 Å². The van der Waals surface area contributed by atoms with Gasteiger partial charge in [-0.2, -0.15) is 0 Å². The maximum Gasteiger partial charge on any atom is 0.310 e. The first-order valence-corrected chi connectivity index (χ1v) is 9.51. The topological polar surface area (TPSA) is 64.6 Å². The summed E-state index contributed by atoms with van der Waals surface area (Å²) >= 11 is 5.87. The van der Waals surface area contributed by atoms with Gasteiger partial charge in [0.15, 0.2) is 0 Å². The monoisotopic (exact) mass is 383 g/mol. The summed E-state index contributed by atoms with van der Waals surface area (Å²) in [5.74, 6) is 1.02. The van der Waals surface area contributed by atoms with E-state index >= 15 is 0 Å². The molecule has 0 aromatic heterocycles. The molecule has 0 unspecified atom stereocenters. The van der Waals surface area contributed by atoms with Gasteiger partial charge >= 0.3 is 5.97 Å². The van der Waals surface area contributed by atoms with E-state index in [0.29, 0.717) is 22.2 Å². The Bertz CT molecular complexity index is 893. The number of carbonyl (C=O) groups excluding carboxylic acids is 2. The van der Waals surface area contributed by atoms with Gasteiger partial charge in [-0.1, -0.05) is 11.6 Å². The molecule has 3 fully saturated rings. The van der Waals surface area contributed by atoms with Gasteiger partial charge in [0.2, 0.25) is 5.91 Å². The molecule has 2 aromatic rings. The Kier molecular flexibility index (Phi) is 3.86. The molecule has 0 spiro atoms.